The van der Waals surface area contributed by atoms with E-state index in [2.05, 4.69) is 0 Å². The third-order valence-electron chi connectivity index (χ3n) is 4.90. The molecule has 4 aromatic rings. The number of nitro groups is 1. The second-order valence-electron chi connectivity index (χ2n) is 7.46. The van der Waals surface area contributed by atoms with Crippen molar-refractivity contribution in [2.45, 2.75) is 13.2 Å². The lowest BCUT2D eigenvalue weighted by Gasteiger charge is -2.08. The molecule has 0 saturated heterocycles. The van der Waals surface area contributed by atoms with Gasteiger partial charge in [0.2, 0.25) is 0 Å². The molecule has 0 fully saturated rings. The van der Waals surface area contributed by atoms with Crippen molar-refractivity contribution in [1.82, 2.24) is 0 Å². The number of hydrogen-bond acceptors (Lipinski definition) is 7. The summed E-state index contributed by atoms with van der Waals surface area (Å²) in [7, 11) is 0. The maximum absolute atomic E-state index is 10.9. The van der Waals surface area contributed by atoms with E-state index in [0.29, 0.717) is 23.6 Å². The molecule has 0 bridgehead atoms. The van der Waals surface area contributed by atoms with Crippen molar-refractivity contribution >= 4 is 11.4 Å². The molecule has 0 aliphatic rings. The minimum Gasteiger partial charge on any atom is -0.487 e. The van der Waals surface area contributed by atoms with Crippen LogP contribution in [0.4, 0.5) is 11.4 Å². The van der Waals surface area contributed by atoms with E-state index in [1.807, 2.05) is 72.8 Å². The standard InChI is InChI=1S/C14H10N2O3.C14H12N2O/c15-9-12-6-7-14(13(8-12)16(17)18)19-10-11-4-2-1-3-5-11;15-9-12-6-7-14(13(16)8-12)17-10-11-4-2-1-3-5-11/h1-8H,10H2;1-8H,10,16H2. The van der Waals surface area contributed by atoms with Crippen LogP contribution in [-0.4, -0.2) is 4.92 Å². The molecule has 0 aliphatic heterocycles. The highest BCUT2D eigenvalue weighted by molar-refractivity contribution is 5.56. The topological polar surface area (TPSA) is 135 Å². The van der Waals surface area contributed by atoms with Crippen LogP contribution in [-0.2, 0) is 13.2 Å². The summed E-state index contributed by atoms with van der Waals surface area (Å²) in [6.07, 6.45) is 0. The zero-order valence-electron chi connectivity index (χ0n) is 19.2. The zero-order valence-corrected chi connectivity index (χ0v) is 19.2. The Kier molecular flexibility index (Phi) is 8.98. The van der Waals surface area contributed by atoms with Crippen LogP contribution in [0.2, 0.25) is 0 Å². The van der Waals surface area contributed by atoms with Crippen molar-refractivity contribution in [2.75, 3.05) is 5.73 Å². The Labute approximate surface area is 208 Å². The molecular weight excluding hydrogens is 456 g/mol. The molecule has 0 radical (unpaired) electrons. The monoisotopic (exact) mass is 478 g/mol. The van der Waals surface area contributed by atoms with Crippen molar-refractivity contribution in [1.29, 1.82) is 10.5 Å². The van der Waals surface area contributed by atoms with Crippen molar-refractivity contribution < 1.29 is 14.4 Å². The first-order chi connectivity index (χ1) is 17.5. The fraction of sp³-hybridized carbons (Fsp3) is 0.0714. The molecule has 4 aromatic carbocycles. The number of nitriles is 2. The van der Waals surface area contributed by atoms with Gasteiger partial charge in [-0.15, -0.1) is 0 Å². The molecule has 178 valence electrons. The lowest BCUT2D eigenvalue weighted by atomic mass is 10.2. The number of nitrogens with zero attached hydrogens (tertiary/aromatic N) is 3. The highest BCUT2D eigenvalue weighted by Crippen LogP contribution is 2.28. The summed E-state index contributed by atoms with van der Waals surface area (Å²) in [6.45, 7) is 0.713. The quantitative estimate of drug-likeness (QED) is 0.202. The molecular formula is C28H22N4O4. The van der Waals surface area contributed by atoms with Crippen LogP contribution in [0.25, 0.3) is 0 Å². The van der Waals surface area contributed by atoms with Gasteiger partial charge in [0.25, 0.3) is 0 Å². The molecule has 0 amide bonds. The zero-order chi connectivity index (χ0) is 25.8. The van der Waals surface area contributed by atoms with E-state index >= 15 is 0 Å². The van der Waals surface area contributed by atoms with Crippen molar-refractivity contribution in [2.24, 2.45) is 0 Å². The van der Waals surface area contributed by atoms with Crippen LogP contribution in [0.15, 0.2) is 97.1 Å². The van der Waals surface area contributed by atoms with Gasteiger partial charge < -0.3 is 15.2 Å². The first-order valence-corrected chi connectivity index (χ1v) is 10.8. The minimum atomic E-state index is -0.554. The van der Waals surface area contributed by atoms with E-state index in [0.717, 1.165) is 11.1 Å². The van der Waals surface area contributed by atoms with Crippen molar-refractivity contribution in [3.05, 3.63) is 129 Å². The maximum Gasteiger partial charge on any atom is 0.312 e. The van der Waals surface area contributed by atoms with Crippen LogP contribution < -0.4 is 15.2 Å². The summed E-state index contributed by atoms with van der Waals surface area (Å²) in [5.41, 5.74) is 8.84. The minimum absolute atomic E-state index is 0.160. The van der Waals surface area contributed by atoms with Crippen LogP contribution in [0, 0.1) is 32.8 Å². The largest absolute Gasteiger partial charge is 0.487 e. The molecule has 0 heterocycles. The van der Waals surface area contributed by atoms with Gasteiger partial charge in [-0.2, -0.15) is 10.5 Å². The van der Waals surface area contributed by atoms with Gasteiger partial charge in [-0.1, -0.05) is 60.7 Å². The lowest BCUT2D eigenvalue weighted by molar-refractivity contribution is -0.386. The van der Waals surface area contributed by atoms with E-state index in [1.165, 1.54) is 18.2 Å². The average Bonchev–Trinajstić information content (AvgIpc) is 2.92. The number of hydrogen-bond donors (Lipinski definition) is 1. The van der Waals surface area contributed by atoms with Gasteiger partial charge in [-0.25, -0.2) is 0 Å². The highest BCUT2D eigenvalue weighted by Gasteiger charge is 2.16. The summed E-state index contributed by atoms with van der Waals surface area (Å²) in [6, 6.07) is 32.3. The Balaban J connectivity index is 0.000000202. The molecule has 2 N–H and O–H groups in total. The molecule has 0 unspecified atom stereocenters. The number of benzene rings is 4. The second-order valence-corrected chi connectivity index (χ2v) is 7.46. The van der Waals surface area contributed by atoms with Gasteiger partial charge in [0.15, 0.2) is 5.75 Å². The van der Waals surface area contributed by atoms with Crippen LogP contribution >= 0.6 is 0 Å². The van der Waals surface area contributed by atoms with Gasteiger partial charge in [-0.3, -0.25) is 10.1 Å². The number of nitrogens with two attached hydrogens (primary N) is 1. The van der Waals surface area contributed by atoms with Gasteiger partial charge in [0, 0.05) is 6.07 Å². The van der Waals surface area contributed by atoms with E-state index in [1.54, 1.807) is 18.2 Å². The molecule has 8 heteroatoms. The summed E-state index contributed by atoms with van der Waals surface area (Å²) in [5.74, 6) is 0.765. The molecule has 0 aromatic heterocycles. The maximum atomic E-state index is 10.9. The van der Waals surface area contributed by atoms with Crippen LogP contribution in [0.1, 0.15) is 22.3 Å². The molecule has 0 spiro atoms. The number of anilines is 1. The normalized spacial score (nSPS) is 9.61. The van der Waals surface area contributed by atoms with E-state index in [-0.39, 0.29) is 23.6 Å². The van der Waals surface area contributed by atoms with Crippen LogP contribution in [0.5, 0.6) is 11.5 Å². The van der Waals surface area contributed by atoms with Gasteiger partial charge in [0.05, 0.1) is 33.9 Å². The van der Waals surface area contributed by atoms with E-state index in [4.69, 9.17) is 25.7 Å². The third kappa shape index (κ3) is 7.34. The number of nitrogen functional groups attached to an aromatic ring is 1. The molecule has 0 aliphatic carbocycles. The van der Waals surface area contributed by atoms with Crippen LogP contribution in [0.3, 0.4) is 0 Å². The Morgan fingerprint density at radius 2 is 1.19 bits per heavy atom. The second kappa shape index (κ2) is 12.8. The number of rotatable bonds is 7. The van der Waals surface area contributed by atoms with Gasteiger partial charge >= 0.3 is 5.69 Å². The van der Waals surface area contributed by atoms with E-state index < -0.39 is 4.92 Å². The first kappa shape index (κ1) is 25.3. The molecule has 4 rings (SSSR count). The highest BCUT2D eigenvalue weighted by atomic mass is 16.6. The predicted octanol–water partition coefficient (Wildman–Crippen LogP) is 5.76. The van der Waals surface area contributed by atoms with Gasteiger partial charge in [0.1, 0.15) is 19.0 Å². The SMILES string of the molecule is N#Cc1ccc(OCc2ccccc2)c(N)c1.N#Cc1ccc(OCc2ccccc2)c([N+](=O)[O-])c1. The molecule has 8 nitrogen and oxygen atoms in total. The average molecular weight is 479 g/mol. The van der Waals surface area contributed by atoms with E-state index in [9.17, 15) is 10.1 Å². The fourth-order valence-corrected chi connectivity index (χ4v) is 3.07. The number of ether oxygens (including phenoxy) is 2. The number of nitro benzene ring substituents is 1. The van der Waals surface area contributed by atoms with Crippen molar-refractivity contribution in [3.63, 3.8) is 0 Å². The Morgan fingerprint density at radius 1 is 0.722 bits per heavy atom. The lowest BCUT2D eigenvalue weighted by Crippen LogP contribution is -1.99. The summed E-state index contributed by atoms with van der Waals surface area (Å²) >= 11 is 0. The first-order valence-electron chi connectivity index (χ1n) is 10.8. The Bertz CT molecular complexity index is 1390. The summed E-state index contributed by atoms with van der Waals surface area (Å²) in [4.78, 5) is 10.4. The van der Waals surface area contributed by atoms with Crippen molar-refractivity contribution in [3.8, 4) is 23.6 Å². The Morgan fingerprint density at radius 3 is 1.67 bits per heavy atom. The smallest absolute Gasteiger partial charge is 0.312 e. The summed E-state index contributed by atoms with van der Waals surface area (Å²) in [5, 5.41) is 28.4. The molecule has 0 atom stereocenters. The summed E-state index contributed by atoms with van der Waals surface area (Å²) < 4.78 is 11.0. The fourth-order valence-electron chi connectivity index (χ4n) is 3.07. The third-order valence-corrected chi connectivity index (χ3v) is 4.90. The van der Waals surface area contributed by atoms with Gasteiger partial charge in [-0.05, 0) is 41.5 Å². The molecule has 36 heavy (non-hydrogen) atoms. The predicted molar refractivity (Wildman–Crippen MR) is 135 cm³/mol. The molecule has 0 saturated carbocycles. The Hall–Kier alpha value is -5.34.